The lowest BCUT2D eigenvalue weighted by Crippen LogP contribution is -2.23. The number of nitrogens with one attached hydrogen (secondary N) is 1. The summed E-state index contributed by atoms with van der Waals surface area (Å²) < 4.78 is 7.10. The highest BCUT2D eigenvalue weighted by atomic mass is 32.2. The second-order valence-corrected chi connectivity index (χ2v) is 5.92. The van der Waals surface area contributed by atoms with E-state index in [1.807, 2.05) is 31.2 Å². The number of carbonyl (C=O) groups is 1. The molecule has 1 N–H and O–H groups in total. The van der Waals surface area contributed by atoms with Gasteiger partial charge in [-0.3, -0.25) is 4.79 Å². The molecule has 0 saturated carbocycles. The predicted molar refractivity (Wildman–Crippen MR) is 89.6 cm³/mol. The topological polar surface area (TPSA) is 81.9 Å². The highest BCUT2D eigenvalue weighted by molar-refractivity contribution is 8.00. The highest BCUT2D eigenvalue weighted by Gasteiger charge is 2.19. The van der Waals surface area contributed by atoms with Crippen molar-refractivity contribution in [1.82, 2.24) is 20.2 Å². The number of tetrazole rings is 1. The number of para-hydroxylation sites is 2. The van der Waals surface area contributed by atoms with E-state index in [4.69, 9.17) is 4.74 Å². The average molecular weight is 333 g/mol. The zero-order chi connectivity index (χ0) is 16.7. The van der Waals surface area contributed by atoms with E-state index in [1.165, 1.54) is 11.8 Å². The molecule has 2 aromatic rings. The second-order valence-electron chi connectivity index (χ2n) is 4.61. The van der Waals surface area contributed by atoms with Crippen LogP contribution in [0.15, 0.2) is 42.1 Å². The molecule has 1 atom stereocenters. The monoisotopic (exact) mass is 333 g/mol. The maximum absolute atomic E-state index is 12.4. The van der Waals surface area contributed by atoms with Gasteiger partial charge in [0.05, 0.1) is 24.1 Å². The van der Waals surface area contributed by atoms with Crippen LogP contribution in [-0.2, 0) is 11.3 Å². The van der Waals surface area contributed by atoms with Gasteiger partial charge in [0.1, 0.15) is 5.75 Å². The van der Waals surface area contributed by atoms with Gasteiger partial charge >= 0.3 is 0 Å². The Labute approximate surface area is 139 Å². The van der Waals surface area contributed by atoms with Gasteiger partial charge in [-0.05, 0) is 36.4 Å². The van der Waals surface area contributed by atoms with Crippen molar-refractivity contribution in [2.45, 2.75) is 30.8 Å². The third-order valence-corrected chi connectivity index (χ3v) is 3.97. The molecule has 0 fully saturated rings. The molecule has 1 aromatic heterocycles. The first-order valence-corrected chi connectivity index (χ1v) is 8.10. The molecule has 122 valence electrons. The molecule has 2 rings (SSSR count). The van der Waals surface area contributed by atoms with Crippen molar-refractivity contribution < 1.29 is 9.53 Å². The number of benzene rings is 1. The van der Waals surface area contributed by atoms with Crippen LogP contribution in [0.3, 0.4) is 0 Å². The maximum Gasteiger partial charge on any atom is 0.237 e. The number of thioether (sulfide) groups is 1. The van der Waals surface area contributed by atoms with Crippen molar-refractivity contribution in [3.05, 3.63) is 36.9 Å². The summed E-state index contributed by atoms with van der Waals surface area (Å²) in [5.41, 5.74) is 0.650. The minimum absolute atomic E-state index is 0.143. The van der Waals surface area contributed by atoms with Crippen LogP contribution < -0.4 is 10.1 Å². The van der Waals surface area contributed by atoms with Crippen LogP contribution in [-0.4, -0.2) is 38.0 Å². The van der Waals surface area contributed by atoms with E-state index in [0.717, 1.165) is 0 Å². The molecular weight excluding hydrogens is 314 g/mol. The second kappa shape index (κ2) is 8.33. The number of hydrogen-bond acceptors (Lipinski definition) is 6. The first kappa shape index (κ1) is 17.0. The first-order chi connectivity index (χ1) is 11.2. The number of nitrogens with zero attached hydrogens (tertiary/aromatic N) is 4. The van der Waals surface area contributed by atoms with E-state index >= 15 is 0 Å². The van der Waals surface area contributed by atoms with Gasteiger partial charge in [-0.25, -0.2) is 4.68 Å². The molecule has 0 saturated heterocycles. The van der Waals surface area contributed by atoms with Gasteiger partial charge in [-0.15, -0.1) is 11.7 Å². The Bertz CT molecular complexity index is 673. The largest absolute Gasteiger partial charge is 0.492 e. The molecule has 0 radical (unpaired) electrons. The standard InChI is InChI=1S/C15H19N5O2S/c1-4-10-20-15(17-18-19-20)23-11(3)14(21)16-12-8-6-7-9-13(12)22-5-2/h4,6-9,11H,1,5,10H2,2-3H3,(H,16,21). The molecular formula is C15H19N5O2S. The lowest BCUT2D eigenvalue weighted by atomic mass is 10.3. The fourth-order valence-corrected chi connectivity index (χ4v) is 2.61. The molecule has 0 spiro atoms. The summed E-state index contributed by atoms with van der Waals surface area (Å²) in [5, 5.41) is 14.5. The van der Waals surface area contributed by atoms with Crippen LogP contribution >= 0.6 is 11.8 Å². The lowest BCUT2D eigenvalue weighted by Gasteiger charge is -2.14. The van der Waals surface area contributed by atoms with E-state index in [9.17, 15) is 4.79 Å². The molecule has 0 aliphatic carbocycles. The van der Waals surface area contributed by atoms with E-state index < -0.39 is 0 Å². The lowest BCUT2D eigenvalue weighted by molar-refractivity contribution is -0.115. The van der Waals surface area contributed by atoms with Crippen LogP contribution in [0, 0.1) is 0 Å². The van der Waals surface area contributed by atoms with Gasteiger partial charge in [0, 0.05) is 0 Å². The predicted octanol–water partition coefficient (Wildman–Crippen LogP) is 2.38. The summed E-state index contributed by atoms with van der Waals surface area (Å²) in [7, 11) is 0. The molecule has 0 aliphatic heterocycles. The van der Waals surface area contributed by atoms with E-state index in [1.54, 1.807) is 17.7 Å². The van der Waals surface area contributed by atoms with Gasteiger partial charge < -0.3 is 10.1 Å². The van der Waals surface area contributed by atoms with Crippen LogP contribution in [0.1, 0.15) is 13.8 Å². The molecule has 1 heterocycles. The molecule has 1 aromatic carbocycles. The summed E-state index contributed by atoms with van der Waals surface area (Å²) in [6.07, 6.45) is 1.70. The smallest absolute Gasteiger partial charge is 0.237 e. The van der Waals surface area contributed by atoms with Gasteiger partial charge in [-0.2, -0.15) is 0 Å². The number of anilines is 1. The average Bonchev–Trinajstić information content (AvgIpc) is 2.97. The van der Waals surface area contributed by atoms with Gasteiger partial charge in [0.25, 0.3) is 0 Å². The molecule has 0 aliphatic rings. The first-order valence-electron chi connectivity index (χ1n) is 7.22. The number of ether oxygens (including phenoxy) is 1. The zero-order valence-corrected chi connectivity index (χ0v) is 13.9. The number of aromatic nitrogens is 4. The molecule has 23 heavy (non-hydrogen) atoms. The SMILES string of the molecule is C=CCn1nnnc1SC(C)C(=O)Nc1ccccc1OCC. The number of carbonyl (C=O) groups excluding carboxylic acids is 1. The van der Waals surface area contributed by atoms with E-state index in [2.05, 4.69) is 27.4 Å². The molecule has 0 bridgehead atoms. The van der Waals surface area contributed by atoms with E-state index in [-0.39, 0.29) is 11.2 Å². The third kappa shape index (κ3) is 4.56. The Hall–Kier alpha value is -2.35. The summed E-state index contributed by atoms with van der Waals surface area (Å²) in [5.74, 6) is 0.507. The van der Waals surface area contributed by atoms with Crippen molar-refractivity contribution in [2.24, 2.45) is 0 Å². The number of allylic oxidation sites excluding steroid dienone is 1. The number of hydrogen-bond donors (Lipinski definition) is 1. The molecule has 8 heteroatoms. The minimum atomic E-state index is -0.362. The molecule has 7 nitrogen and oxygen atoms in total. The van der Waals surface area contributed by atoms with E-state index in [0.29, 0.717) is 29.7 Å². The normalized spacial score (nSPS) is 11.7. The van der Waals surface area contributed by atoms with Crippen LogP contribution in [0.25, 0.3) is 0 Å². The number of amides is 1. The van der Waals surface area contributed by atoms with Crippen molar-refractivity contribution in [2.75, 3.05) is 11.9 Å². The summed E-state index contributed by atoms with van der Waals surface area (Å²) in [6.45, 7) is 8.39. The van der Waals surface area contributed by atoms with Crippen LogP contribution in [0.4, 0.5) is 5.69 Å². The Balaban J connectivity index is 2.03. The highest BCUT2D eigenvalue weighted by Crippen LogP contribution is 2.26. The molecule has 1 amide bonds. The number of rotatable bonds is 8. The zero-order valence-electron chi connectivity index (χ0n) is 13.1. The Morgan fingerprint density at radius 1 is 1.52 bits per heavy atom. The van der Waals surface area contributed by atoms with Crippen molar-refractivity contribution in [3.63, 3.8) is 0 Å². The summed E-state index contributed by atoms with van der Waals surface area (Å²) in [4.78, 5) is 12.4. The summed E-state index contributed by atoms with van der Waals surface area (Å²) >= 11 is 1.29. The Kier molecular flexibility index (Phi) is 6.16. The van der Waals surface area contributed by atoms with Gasteiger partial charge in [0.2, 0.25) is 11.1 Å². The van der Waals surface area contributed by atoms with Gasteiger partial charge in [-0.1, -0.05) is 30.0 Å². The van der Waals surface area contributed by atoms with Crippen molar-refractivity contribution >= 4 is 23.4 Å². The van der Waals surface area contributed by atoms with Crippen molar-refractivity contribution in [3.8, 4) is 5.75 Å². The van der Waals surface area contributed by atoms with Crippen molar-refractivity contribution in [1.29, 1.82) is 0 Å². The minimum Gasteiger partial charge on any atom is -0.492 e. The summed E-state index contributed by atoms with van der Waals surface area (Å²) in [6, 6.07) is 7.34. The van der Waals surface area contributed by atoms with Crippen LogP contribution in [0.2, 0.25) is 0 Å². The van der Waals surface area contributed by atoms with Gasteiger partial charge in [0.15, 0.2) is 0 Å². The third-order valence-electron chi connectivity index (χ3n) is 2.90. The van der Waals surface area contributed by atoms with Crippen LogP contribution in [0.5, 0.6) is 5.75 Å². The fourth-order valence-electron chi connectivity index (χ4n) is 1.81. The molecule has 1 unspecified atom stereocenters. The maximum atomic E-state index is 12.4. The Morgan fingerprint density at radius 3 is 3.04 bits per heavy atom. The Morgan fingerprint density at radius 2 is 2.30 bits per heavy atom. The quantitative estimate of drug-likeness (QED) is 0.590. The fraction of sp³-hybridized carbons (Fsp3) is 0.333.